The van der Waals surface area contributed by atoms with Crippen LogP contribution in [0.25, 0.3) is 11.1 Å². The predicted octanol–water partition coefficient (Wildman–Crippen LogP) is 4.29. The van der Waals surface area contributed by atoms with Gasteiger partial charge in [0.2, 0.25) is 0 Å². The molecule has 0 amide bonds. The van der Waals surface area contributed by atoms with Crippen molar-refractivity contribution in [3.8, 4) is 11.1 Å². The highest BCUT2D eigenvalue weighted by Gasteiger charge is 2.13. The van der Waals surface area contributed by atoms with E-state index < -0.39 is 0 Å². The molecule has 1 aliphatic rings. The molecule has 3 rings (SSSR count). The van der Waals surface area contributed by atoms with Crippen LogP contribution in [0.2, 0.25) is 0 Å². The van der Waals surface area contributed by atoms with Gasteiger partial charge in [0, 0.05) is 35.6 Å². The standard InChI is InChI=1S/C18H21NS2/c1-2-4-16(5-3-1)17-8-6-15(7-9-17)12-19-13-18-14-20-10-11-21-18/h1-9,18-19H,10-14H2. The van der Waals surface area contributed by atoms with E-state index in [9.17, 15) is 0 Å². The summed E-state index contributed by atoms with van der Waals surface area (Å²) in [6, 6.07) is 19.5. The number of thioether (sulfide) groups is 2. The molecule has 0 spiro atoms. The highest BCUT2D eigenvalue weighted by Crippen LogP contribution is 2.23. The Labute approximate surface area is 135 Å². The molecule has 110 valence electrons. The smallest absolute Gasteiger partial charge is 0.0263 e. The summed E-state index contributed by atoms with van der Waals surface area (Å²) in [5.41, 5.74) is 3.94. The number of hydrogen-bond donors (Lipinski definition) is 1. The largest absolute Gasteiger partial charge is 0.312 e. The Bertz CT molecular complexity index is 533. The summed E-state index contributed by atoms with van der Waals surface area (Å²) < 4.78 is 0. The van der Waals surface area contributed by atoms with Gasteiger partial charge in [-0.25, -0.2) is 0 Å². The molecule has 0 radical (unpaired) electrons. The monoisotopic (exact) mass is 315 g/mol. The van der Waals surface area contributed by atoms with Crippen molar-refractivity contribution in [3.05, 3.63) is 60.2 Å². The van der Waals surface area contributed by atoms with Crippen LogP contribution in [0.1, 0.15) is 5.56 Å². The van der Waals surface area contributed by atoms with Gasteiger partial charge in [0.15, 0.2) is 0 Å². The zero-order valence-corrected chi connectivity index (χ0v) is 13.8. The van der Waals surface area contributed by atoms with Crippen LogP contribution < -0.4 is 5.32 Å². The van der Waals surface area contributed by atoms with Crippen LogP contribution in [0.3, 0.4) is 0 Å². The maximum absolute atomic E-state index is 3.60. The molecule has 0 aliphatic carbocycles. The summed E-state index contributed by atoms with van der Waals surface area (Å²) in [5, 5.41) is 4.38. The minimum absolute atomic E-state index is 0.785. The second-order valence-electron chi connectivity index (χ2n) is 5.26. The van der Waals surface area contributed by atoms with E-state index in [1.165, 1.54) is 33.9 Å². The van der Waals surface area contributed by atoms with Gasteiger partial charge in [0.25, 0.3) is 0 Å². The van der Waals surface area contributed by atoms with Crippen molar-refractivity contribution >= 4 is 23.5 Å². The average molecular weight is 316 g/mol. The summed E-state index contributed by atoms with van der Waals surface area (Å²) in [5.74, 6) is 3.93. The van der Waals surface area contributed by atoms with E-state index >= 15 is 0 Å². The van der Waals surface area contributed by atoms with Crippen molar-refractivity contribution in [2.45, 2.75) is 11.8 Å². The zero-order valence-electron chi connectivity index (χ0n) is 12.1. The first-order chi connectivity index (χ1) is 10.4. The van der Waals surface area contributed by atoms with Gasteiger partial charge in [-0.1, -0.05) is 54.6 Å². The van der Waals surface area contributed by atoms with Gasteiger partial charge < -0.3 is 5.32 Å². The van der Waals surface area contributed by atoms with Crippen molar-refractivity contribution in [1.82, 2.24) is 5.32 Å². The van der Waals surface area contributed by atoms with Crippen LogP contribution in [-0.2, 0) is 6.54 Å². The molecule has 2 aromatic carbocycles. The molecular weight excluding hydrogens is 294 g/mol. The summed E-state index contributed by atoms with van der Waals surface area (Å²) in [6.07, 6.45) is 0. The fourth-order valence-electron chi connectivity index (χ4n) is 2.48. The Morgan fingerprint density at radius 2 is 1.67 bits per heavy atom. The lowest BCUT2D eigenvalue weighted by Gasteiger charge is -2.21. The third-order valence-electron chi connectivity index (χ3n) is 3.65. The quantitative estimate of drug-likeness (QED) is 0.884. The topological polar surface area (TPSA) is 12.0 Å². The summed E-state index contributed by atoms with van der Waals surface area (Å²) >= 11 is 4.20. The van der Waals surface area contributed by atoms with Gasteiger partial charge in [-0.3, -0.25) is 0 Å². The van der Waals surface area contributed by atoms with E-state index in [2.05, 4.69) is 83.4 Å². The minimum atomic E-state index is 0.785. The zero-order chi connectivity index (χ0) is 14.3. The third-order valence-corrected chi connectivity index (χ3v) is 6.49. The first-order valence-electron chi connectivity index (χ1n) is 7.46. The molecule has 1 atom stereocenters. The maximum Gasteiger partial charge on any atom is 0.0263 e. The van der Waals surface area contributed by atoms with E-state index in [0.29, 0.717) is 0 Å². The van der Waals surface area contributed by atoms with Crippen LogP contribution in [0, 0.1) is 0 Å². The lowest BCUT2D eigenvalue weighted by Crippen LogP contribution is -2.28. The van der Waals surface area contributed by atoms with E-state index in [1.54, 1.807) is 0 Å². The van der Waals surface area contributed by atoms with Crippen LogP contribution in [0.4, 0.5) is 0 Å². The van der Waals surface area contributed by atoms with Gasteiger partial charge in [-0.05, 0) is 16.7 Å². The molecular formula is C18H21NS2. The first kappa shape index (κ1) is 15.0. The maximum atomic E-state index is 3.60. The van der Waals surface area contributed by atoms with Gasteiger partial charge in [-0.2, -0.15) is 23.5 Å². The number of benzene rings is 2. The van der Waals surface area contributed by atoms with Crippen LogP contribution in [0.5, 0.6) is 0 Å². The molecule has 1 nitrogen and oxygen atoms in total. The lowest BCUT2D eigenvalue weighted by molar-refractivity contribution is 0.686. The normalized spacial score (nSPS) is 18.6. The van der Waals surface area contributed by atoms with Crippen molar-refractivity contribution < 1.29 is 0 Å². The SMILES string of the molecule is c1ccc(-c2ccc(CNCC3CSCCS3)cc2)cc1. The van der Waals surface area contributed by atoms with Gasteiger partial charge in [-0.15, -0.1) is 0 Å². The van der Waals surface area contributed by atoms with Crippen molar-refractivity contribution in [2.75, 3.05) is 23.8 Å². The molecule has 1 N–H and O–H groups in total. The molecule has 2 aromatic rings. The van der Waals surface area contributed by atoms with Crippen molar-refractivity contribution in [3.63, 3.8) is 0 Å². The van der Waals surface area contributed by atoms with Crippen LogP contribution >= 0.6 is 23.5 Å². The number of hydrogen-bond acceptors (Lipinski definition) is 3. The van der Waals surface area contributed by atoms with Crippen LogP contribution in [0.15, 0.2) is 54.6 Å². The highest BCUT2D eigenvalue weighted by atomic mass is 32.2. The van der Waals surface area contributed by atoms with E-state index in [4.69, 9.17) is 0 Å². The minimum Gasteiger partial charge on any atom is -0.312 e. The molecule has 0 bridgehead atoms. The second-order valence-corrected chi connectivity index (χ2v) is 7.82. The summed E-state index contributed by atoms with van der Waals surface area (Å²) in [4.78, 5) is 0. The van der Waals surface area contributed by atoms with Gasteiger partial charge >= 0.3 is 0 Å². The Morgan fingerprint density at radius 1 is 0.905 bits per heavy atom. The molecule has 1 saturated heterocycles. The molecule has 21 heavy (non-hydrogen) atoms. The molecule has 1 aliphatic heterocycles. The molecule has 1 fully saturated rings. The van der Waals surface area contributed by atoms with Crippen LogP contribution in [-0.4, -0.2) is 29.1 Å². The average Bonchev–Trinajstić information content (AvgIpc) is 2.57. The first-order valence-corrected chi connectivity index (χ1v) is 9.66. The molecule has 3 heteroatoms. The Hall–Kier alpha value is -0.900. The van der Waals surface area contributed by atoms with Crippen molar-refractivity contribution in [2.24, 2.45) is 0 Å². The third kappa shape index (κ3) is 4.53. The molecule has 0 aromatic heterocycles. The highest BCUT2D eigenvalue weighted by molar-refractivity contribution is 8.06. The number of nitrogens with one attached hydrogen (secondary N) is 1. The van der Waals surface area contributed by atoms with E-state index in [-0.39, 0.29) is 0 Å². The van der Waals surface area contributed by atoms with Gasteiger partial charge in [0.05, 0.1) is 0 Å². The van der Waals surface area contributed by atoms with Gasteiger partial charge in [0.1, 0.15) is 0 Å². The fraction of sp³-hybridized carbons (Fsp3) is 0.333. The molecule has 0 saturated carbocycles. The lowest BCUT2D eigenvalue weighted by atomic mass is 10.0. The second kappa shape index (κ2) is 7.92. The van der Waals surface area contributed by atoms with Crippen molar-refractivity contribution in [1.29, 1.82) is 0 Å². The fourth-order valence-corrected chi connectivity index (χ4v) is 5.12. The summed E-state index contributed by atoms with van der Waals surface area (Å²) in [7, 11) is 0. The van der Waals surface area contributed by atoms with E-state index in [1.807, 2.05) is 0 Å². The molecule has 1 unspecified atom stereocenters. The Balaban J connectivity index is 1.50. The Kier molecular flexibility index (Phi) is 5.67. The summed E-state index contributed by atoms with van der Waals surface area (Å²) in [6.45, 7) is 2.09. The Morgan fingerprint density at radius 3 is 2.38 bits per heavy atom. The van der Waals surface area contributed by atoms with E-state index in [0.717, 1.165) is 18.3 Å². The predicted molar refractivity (Wildman–Crippen MR) is 97.2 cm³/mol. The number of rotatable bonds is 5. The molecule has 1 heterocycles.